The first-order chi connectivity index (χ1) is 31.6. The van der Waals surface area contributed by atoms with Crippen LogP contribution in [0.15, 0.2) is 237 Å². The van der Waals surface area contributed by atoms with Crippen LogP contribution in [0.25, 0.3) is 11.1 Å². The van der Waals surface area contributed by atoms with Gasteiger partial charge in [-0.25, -0.2) is 0 Å². The second kappa shape index (κ2) is 24.7. The maximum atomic E-state index is 4.79. The van der Waals surface area contributed by atoms with Crippen LogP contribution >= 0.6 is 0 Å². The summed E-state index contributed by atoms with van der Waals surface area (Å²) in [6.07, 6.45) is 22.2. The molecule has 65 heavy (non-hydrogen) atoms. The first-order valence-corrected chi connectivity index (χ1v) is 23.0. The maximum absolute atomic E-state index is 4.79. The van der Waals surface area contributed by atoms with Gasteiger partial charge in [0.1, 0.15) is 0 Å². The Balaban J connectivity index is 1.79. The number of anilines is 4. The van der Waals surface area contributed by atoms with Gasteiger partial charge in [0.15, 0.2) is 0 Å². The second-order valence-corrected chi connectivity index (χ2v) is 16.2. The number of nitrogens with zero attached hydrogens (tertiary/aromatic N) is 3. The molecule has 0 unspecified atom stereocenters. The van der Waals surface area contributed by atoms with Crippen molar-refractivity contribution in [2.45, 2.75) is 67.2 Å². The molecule has 0 aromatic heterocycles. The van der Waals surface area contributed by atoms with Gasteiger partial charge in [-0.3, -0.25) is 0 Å². The highest BCUT2D eigenvalue weighted by Crippen LogP contribution is 2.42. The van der Waals surface area contributed by atoms with E-state index in [4.69, 9.17) is 6.58 Å². The molecule has 0 fully saturated rings. The van der Waals surface area contributed by atoms with E-state index in [1.54, 1.807) is 0 Å². The summed E-state index contributed by atoms with van der Waals surface area (Å²) in [5.74, 6) is 0. The zero-order valence-corrected chi connectivity index (χ0v) is 40.0. The van der Waals surface area contributed by atoms with Crippen LogP contribution < -0.4 is 14.7 Å². The van der Waals surface area contributed by atoms with Crippen LogP contribution in [0.3, 0.4) is 0 Å². The molecule has 5 aromatic rings. The van der Waals surface area contributed by atoms with Crippen molar-refractivity contribution in [3.05, 3.63) is 264 Å². The van der Waals surface area contributed by atoms with Crippen LogP contribution in [0.4, 0.5) is 22.7 Å². The molecule has 5 aromatic carbocycles. The topological polar surface area (TPSA) is 9.72 Å². The third kappa shape index (κ3) is 12.8. The van der Waals surface area contributed by atoms with E-state index in [-0.39, 0.29) is 0 Å². The van der Waals surface area contributed by atoms with Crippen molar-refractivity contribution in [1.29, 1.82) is 0 Å². The number of hydrogen-bond donors (Lipinski definition) is 0. The van der Waals surface area contributed by atoms with Gasteiger partial charge in [-0.15, -0.1) is 0 Å². The molecule has 3 heteroatoms. The molecule has 0 aliphatic rings. The van der Waals surface area contributed by atoms with Gasteiger partial charge in [-0.2, -0.15) is 0 Å². The highest BCUT2D eigenvalue weighted by Gasteiger charge is 2.22. The zero-order valence-electron chi connectivity index (χ0n) is 40.0. The fraction of sp³-hybridized carbons (Fsp3) is 0.194. The van der Waals surface area contributed by atoms with Gasteiger partial charge >= 0.3 is 0 Å². The fourth-order valence-electron chi connectivity index (χ4n) is 8.15. The summed E-state index contributed by atoms with van der Waals surface area (Å²) in [7, 11) is 2.14. The number of rotatable bonds is 22. The van der Waals surface area contributed by atoms with Gasteiger partial charge in [0, 0.05) is 53.4 Å². The van der Waals surface area contributed by atoms with Gasteiger partial charge in [0.2, 0.25) is 0 Å². The summed E-state index contributed by atoms with van der Waals surface area (Å²) in [4.78, 5) is 6.83. The number of para-hydroxylation sites is 1. The average Bonchev–Trinajstić information content (AvgIpc) is 3.33. The number of hydrogen-bond acceptors (Lipinski definition) is 3. The molecule has 0 aliphatic heterocycles. The van der Waals surface area contributed by atoms with Crippen LogP contribution in [-0.2, 0) is 6.42 Å². The van der Waals surface area contributed by atoms with Crippen molar-refractivity contribution in [3.8, 4) is 0 Å². The molecule has 0 N–H and O–H groups in total. The van der Waals surface area contributed by atoms with Crippen molar-refractivity contribution in [3.63, 3.8) is 0 Å². The van der Waals surface area contributed by atoms with Crippen LogP contribution in [-0.4, -0.2) is 13.6 Å². The van der Waals surface area contributed by atoms with Gasteiger partial charge in [-0.1, -0.05) is 161 Å². The van der Waals surface area contributed by atoms with Crippen molar-refractivity contribution in [2.24, 2.45) is 0 Å². The Morgan fingerprint density at radius 3 is 1.86 bits per heavy atom. The Labute approximate surface area is 392 Å². The van der Waals surface area contributed by atoms with Crippen molar-refractivity contribution < 1.29 is 0 Å². The van der Waals surface area contributed by atoms with E-state index in [0.29, 0.717) is 6.42 Å². The lowest BCUT2D eigenvalue weighted by Gasteiger charge is -2.28. The maximum Gasteiger partial charge on any atom is 0.0455 e. The predicted molar refractivity (Wildman–Crippen MR) is 288 cm³/mol. The summed E-state index contributed by atoms with van der Waals surface area (Å²) in [5.41, 5.74) is 17.2. The Morgan fingerprint density at radius 1 is 0.631 bits per heavy atom. The molecule has 0 saturated carbocycles. The van der Waals surface area contributed by atoms with Crippen LogP contribution in [0.2, 0.25) is 0 Å². The summed E-state index contributed by atoms with van der Waals surface area (Å²) in [6.45, 7) is 31.7. The minimum absolute atomic E-state index is 0.706. The van der Waals surface area contributed by atoms with E-state index in [1.807, 2.05) is 32.1 Å². The largest absolute Gasteiger partial charge is 0.346 e. The van der Waals surface area contributed by atoms with E-state index in [2.05, 4.69) is 233 Å². The zero-order chi connectivity index (χ0) is 46.7. The van der Waals surface area contributed by atoms with Gasteiger partial charge in [0.05, 0.1) is 0 Å². The van der Waals surface area contributed by atoms with Gasteiger partial charge in [0.25, 0.3) is 0 Å². The Kier molecular flexibility index (Phi) is 18.6. The second-order valence-electron chi connectivity index (χ2n) is 16.2. The summed E-state index contributed by atoms with van der Waals surface area (Å²) in [6, 6.07) is 46.1. The number of benzene rings is 5. The number of allylic oxidation sites excluding steroid dienone is 15. The summed E-state index contributed by atoms with van der Waals surface area (Å²) in [5, 5.41) is 0. The van der Waals surface area contributed by atoms with Gasteiger partial charge in [-0.05, 0) is 165 Å². The molecule has 0 saturated heterocycles. The molecule has 5 rings (SSSR count). The summed E-state index contributed by atoms with van der Waals surface area (Å²) >= 11 is 0. The van der Waals surface area contributed by atoms with E-state index < -0.39 is 0 Å². The Hall–Kier alpha value is -7.10. The van der Waals surface area contributed by atoms with Crippen molar-refractivity contribution in [2.75, 3.05) is 28.3 Å². The molecule has 3 nitrogen and oxygen atoms in total. The lowest BCUT2D eigenvalue weighted by molar-refractivity contribution is 0.860. The lowest BCUT2D eigenvalue weighted by atomic mass is 9.81. The van der Waals surface area contributed by atoms with E-state index >= 15 is 0 Å². The molecule has 0 heterocycles. The van der Waals surface area contributed by atoms with Crippen LogP contribution in [0.5, 0.6) is 0 Å². The van der Waals surface area contributed by atoms with Gasteiger partial charge < -0.3 is 14.7 Å². The van der Waals surface area contributed by atoms with Crippen LogP contribution in [0, 0.1) is 0 Å². The molecular formula is C62H69N3. The molecule has 332 valence electrons. The third-order valence-electron chi connectivity index (χ3n) is 11.6. The van der Waals surface area contributed by atoms with Crippen LogP contribution in [0.1, 0.15) is 88.6 Å². The quantitative estimate of drug-likeness (QED) is 0.0390. The normalized spacial score (nSPS) is 12.3. The minimum atomic E-state index is 0.706. The first kappa shape index (κ1) is 48.9. The molecule has 0 spiro atoms. The first-order valence-electron chi connectivity index (χ1n) is 23.0. The molecule has 0 radical (unpaired) electrons. The lowest BCUT2D eigenvalue weighted by Crippen LogP contribution is -2.21. The average molecular weight is 856 g/mol. The predicted octanol–water partition coefficient (Wildman–Crippen LogP) is 17.2. The van der Waals surface area contributed by atoms with E-state index in [9.17, 15) is 0 Å². The molecular weight excluding hydrogens is 787 g/mol. The van der Waals surface area contributed by atoms with E-state index in [0.717, 1.165) is 98.9 Å². The highest BCUT2D eigenvalue weighted by molar-refractivity contribution is 6.07. The van der Waals surface area contributed by atoms with Crippen molar-refractivity contribution >= 4 is 33.9 Å². The Bertz CT molecular complexity index is 2580. The molecule has 0 amide bonds. The van der Waals surface area contributed by atoms with E-state index in [1.165, 1.54) is 16.8 Å². The monoisotopic (exact) mass is 856 g/mol. The molecule has 0 atom stereocenters. The standard InChI is InChI=1S/C62H69N3/c1-12-17-22-28-48(8)50(10)61(52-30-24-20-25-31-52)62(53-37-41-58(42-38-53)65(47(6)7)55(15-4)32-19-14-3)60-44-43-59(63(11)56-33-26-21-27-34-56)46-54(60)45-51-35-39-57(40-36-51)64(16-5)49(9)29-23-18-13-2/h12-14,17-22,24-28,30-44,46H,6,8-10,15-16,23,29,45H2,1-5,7,11H3/b17-12-,18-13-,19-14-,28-22-,55-32+,62-61+. The molecule has 0 aliphatic carbocycles. The summed E-state index contributed by atoms with van der Waals surface area (Å²) < 4.78 is 0. The SMILES string of the molecule is C=C(/C=C\C=C/C)C(=C)/C(=C(/c1ccc(N(C(=C)C)/C(=C/C=C\C)CC)cc1)c1ccc(N(C)c2ccccc2)cc1Cc1ccc(N(CC)C(=C)CC/C=C\C)cc1)c1ccccc1. The van der Waals surface area contributed by atoms with Crippen molar-refractivity contribution in [1.82, 2.24) is 0 Å². The molecule has 0 bridgehead atoms. The minimum Gasteiger partial charge on any atom is -0.346 e. The smallest absolute Gasteiger partial charge is 0.0455 e. The fourth-order valence-corrected chi connectivity index (χ4v) is 8.15. The third-order valence-corrected chi connectivity index (χ3v) is 11.6. The highest BCUT2D eigenvalue weighted by atomic mass is 15.1. The Morgan fingerprint density at radius 2 is 1.26 bits per heavy atom.